The van der Waals surface area contributed by atoms with Crippen molar-refractivity contribution in [3.8, 4) is 0 Å². The molecule has 0 spiro atoms. The van der Waals surface area contributed by atoms with E-state index in [-0.39, 0.29) is 30.0 Å². The Hall–Kier alpha value is -1.75. The summed E-state index contributed by atoms with van der Waals surface area (Å²) in [6, 6.07) is 5.48. The maximum absolute atomic E-state index is 14.0. The molecule has 0 aromatic heterocycles. The van der Waals surface area contributed by atoms with E-state index >= 15 is 0 Å². The molecule has 3 aliphatic rings. The molecule has 1 saturated heterocycles. The summed E-state index contributed by atoms with van der Waals surface area (Å²) in [5.41, 5.74) is 1.52. The number of rotatable bonds is 7. The lowest BCUT2D eigenvalue weighted by atomic mass is 9.79. The largest absolute Gasteiger partial charge is 0.308 e. The number of carbonyl (C=O) groups is 2. The zero-order valence-electron chi connectivity index (χ0n) is 20.0. The maximum Gasteiger partial charge on any atom is 0.235 e. The van der Waals surface area contributed by atoms with Gasteiger partial charge in [-0.3, -0.25) is 9.59 Å². The van der Waals surface area contributed by atoms with E-state index in [0.717, 1.165) is 49.9 Å². The van der Waals surface area contributed by atoms with Gasteiger partial charge in [0.1, 0.15) is 11.6 Å². The Morgan fingerprint density at radius 1 is 1.06 bits per heavy atom. The molecule has 1 atom stereocenters. The quantitative estimate of drug-likeness (QED) is 0.544. The minimum Gasteiger partial charge on any atom is -0.308 e. The third kappa shape index (κ3) is 4.78. The van der Waals surface area contributed by atoms with Crippen LogP contribution in [0.2, 0.25) is 0 Å². The molecule has 4 nitrogen and oxygen atoms in total. The molecule has 0 radical (unpaired) electrons. The smallest absolute Gasteiger partial charge is 0.235 e. The molecule has 1 aliphatic carbocycles. The minimum absolute atomic E-state index is 0.00838. The molecule has 4 rings (SSSR count). The first kappa shape index (κ1) is 23.4. The number of Topliss-reactive ketones (excluding diaryl/α,β-unsaturated/α-hetero) is 1. The highest BCUT2D eigenvalue weighted by Gasteiger charge is 2.43. The lowest BCUT2D eigenvalue weighted by molar-refractivity contribution is -0.125. The van der Waals surface area contributed by atoms with Gasteiger partial charge in [0.15, 0.2) is 0 Å². The van der Waals surface area contributed by atoms with E-state index in [0.29, 0.717) is 18.0 Å². The second-order valence-electron chi connectivity index (χ2n) is 10.5. The first-order valence-corrected chi connectivity index (χ1v) is 12.8. The molecule has 5 heteroatoms. The molecular weight excluding hydrogens is 403 g/mol. The van der Waals surface area contributed by atoms with Crippen molar-refractivity contribution in [2.45, 2.75) is 96.6 Å². The van der Waals surface area contributed by atoms with Crippen molar-refractivity contribution < 1.29 is 14.0 Å². The Labute approximate surface area is 192 Å². The summed E-state index contributed by atoms with van der Waals surface area (Å²) in [4.78, 5) is 30.3. The average Bonchev–Trinajstić information content (AvgIpc) is 3.05. The number of hydrogen-bond acceptors (Lipinski definition) is 3. The number of likely N-dealkylation sites (tertiary alicyclic amines) is 1. The van der Waals surface area contributed by atoms with Gasteiger partial charge in [0, 0.05) is 43.7 Å². The van der Waals surface area contributed by atoms with Crippen LogP contribution in [0.25, 0.3) is 0 Å². The van der Waals surface area contributed by atoms with E-state index in [4.69, 9.17) is 0 Å². The average molecular weight is 443 g/mol. The van der Waals surface area contributed by atoms with Crippen molar-refractivity contribution in [3.63, 3.8) is 0 Å². The van der Waals surface area contributed by atoms with E-state index in [9.17, 15) is 14.0 Å². The van der Waals surface area contributed by atoms with Crippen LogP contribution in [0.1, 0.15) is 90.0 Å². The third-order valence-corrected chi connectivity index (χ3v) is 8.19. The monoisotopic (exact) mass is 442 g/mol. The first-order valence-electron chi connectivity index (χ1n) is 12.8. The van der Waals surface area contributed by atoms with Crippen molar-refractivity contribution in [3.05, 3.63) is 29.6 Å². The van der Waals surface area contributed by atoms with Crippen LogP contribution in [-0.4, -0.2) is 41.8 Å². The molecule has 2 aliphatic heterocycles. The van der Waals surface area contributed by atoms with Crippen LogP contribution in [0.3, 0.4) is 0 Å². The van der Waals surface area contributed by atoms with Gasteiger partial charge in [0.2, 0.25) is 5.91 Å². The zero-order valence-corrected chi connectivity index (χ0v) is 20.0. The Morgan fingerprint density at radius 2 is 1.75 bits per heavy atom. The van der Waals surface area contributed by atoms with Gasteiger partial charge in [-0.05, 0) is 80.5 Å². The van der Waals surface area contributed by atoms with Gasteiger partial charge in [-0.2, -0.15) is 0 Å². The van der Waals surface area contributed by atoms with Gasteiger partial charge < -0.3 is 9.80 Å². The molecule has 0 bridgehead atoms. The molecule has 0 N–H and O–H groups in total. The van der Waals surface area contributed by atoms with Gasteiger partial charge in [-0.25, -0.2) is 4.39 Å². The number of benzene rings is 1. The Morgan fingerprint density at radius 3 is 2.38 bits per heavy atom. The fraction of sp³-hybridized carbons (Fsp3) is 0.704. The molecule has 176 valence electrons. The SMILES string of the molecule is CCCC(=O)CC1C(=O)N(C2CCN(C3CCC(C(C)C)CC3)CC2)c2ccc(F)cc21. The minimum atomic E-state index is -0.524. The van der Waals surface area contributed by atoms with E-state index in [1.807, 2.05) is 11.8 Å². The van der Waals surface area contributed by atoms with Crippen LogP contribution in [0, 0.1) is 17.7 Å². The van der Waals surface area contributed by atoms with Gasteiger partial charge in [-0.15, -0.1) is 0 Å². The molecule has 1 aromatic rings. The van der Waals surface area contributed by atoms with Crippen molar-refractivity contribution in [1.29, 1.82) is 0 Å². The lowest BCUT2D eigenvalue weighted by Crippen LogP contribution is -2.50. The normalized spacial score (nSPS) is 27.2. The second kappa shape index (κ2) is 10.0. The van der Waals surface area contributed by atoms with Crippen molar-refractivity contribution in [2.75, 3.05) is 18.0 Å². The van der Waals surface area contributed by atoms with Gasteiger partial charge in [0.05, 0.1) is 5.92 Å². The Balaban J connectivity index is 1.42. The number of nitrogens with zero attached hydrogens (tertiary/aromatic N) is 2. The van der Waals surface area contributed by atoms with E-state index in [2.05, 4.69) is 18.7 Å². The number of halogens is 1. The van der Waals surface area contributed by atoms with Crippen molar-refractivity contribution in [1.82, 2.24) is 4.90 Å². The van der Waals surface area contributed by atoms with Crippen molar-refractivity contribution >= 4 is 17.4 Å². The number of anilines is 1. The van der Waals surface area contributed by atoms with Crippen LogP contribution in [0.15, 0.2) is 18.2 Å². The summed E-state index contributed by atoms with van der Waals surface area (Å²) >= 11 is 0. The summed E-state index contributed by atoms with van der Waals surface area (Å²) in [5, 5.41) is 0. The number of ketones is 1. The number of amides is 1. The Kier molecular flexibility index (Phi) is 7.34. The molecular formula is C27H39FN2O2. The summed E-state index contributed by atoms with van der Waals surface area (Å²) < 4.78 is 14.0. The zero-order chi connectivity index (χ0) is 22.8. The summed E-state index contributed by atoms with van der Waals surface area (Å²) in [7, 11) is 0. The predicted octanol–water partition coefficient (Wildman–Crippen LogP) is 5.69. The molecule has 32 heavy (non-hydrogen) atoms. The van der Waals surface area contributed by atoms with Crippen LogP contribution < -0.4 is 4.90 Å². The third-order valence-electron chi connectivity index (χ3n) is 8.19. The number of carbonyl (C=O) groups excluding carboxylic acids is 2. The topological polar surface area (TPSA) is 40.6 Å². The Bertz CT molecular complexity index is 823. The van der Waals surface area contributed by atoms with Crippen LogP contribution in [-0.2, 0) is 9.59 Å². The molecule has 2 fully saturated rings. The second-order valence-corrected chi connectivity index (χ2v) is 10.5. The molecule has 1 amide bonds. The first-order chi connectivity index (χ1) is 15.4. The van der Waals surface area contributed by atoms with Crippen LogP contribution >= 0.6 is 0 Å². The van der Waals surface area contributed by atoms with Gasteiger partial charge >= 0.3 is 0 Å². The van der Waals surface area contributed by atoms with Crippen LogP contribution in [0.4, 0.5) is 10.1 Å². The van der Waals surface area contributed by atoms with Gasteiger partial charge in [-0.1, -0.05) is 20.8 Å². The summed E-state index contributed by atoms with van der Waals surface area (Å²) in [6.07, 6.45) is 8.59. The highest BCUT2D eigenvalue weighted by atomic mass is 19.1. The van der Waals surface area contributed by atoms with E-state index in [1.54, 1.807) is 6.07 Å². The van der Waals surface area contributed by atoms with Crippen molar-refractivity contribution in [2.24, 2.45) is 11.8 Å². The highest BCUT2D eigenvalue weighted by Crippen LogP contribution is 2.43. The number of piperidine rings is 1. The predicted molar refractivity (Wildman–Crippen MR) is 126 cm³/mol. The maximum atomic E-state index is 14.0. The highest BCUT2D eigenvalue weighted by molar-refractivity contribution is 6.07. The fourth-order valence-electron chi connectivity index (χ4n) is 6.27. The summed E-state index contributed by atoms with van der Waals surface area (Å²) in [6.45, 7) is 8.69. The van der Waals surface area contributed by atoms with Crippen LogP contribution in [0.5, 0.6) is 0 Å². The van der Waals surface area contributed by atoms with E-state index in [1.165, 1.54) is 37.8 Å². The fourth-order valence-corrected chi connectivity index (χ4v) is 6.27. The molecule has 1 saturated carbocycles. The molecule has 1 aromatic carbocycles. The number of fused-ring (bicyclic) bond motifs is 1. The molecule has 2 heterocycles. The standard InChI is InChI=1S/C27H39FN2O2/c1-4-5-23(31)17-25-24-16-20(28)8-11-26(24)30(27(25)32)22-12-14-29(15-13-22)21-9-6-19(7-10-21)18(2)3/h8,11,16,18-19,21-22,25H,4-7,9-10,12-15,17H2,1-3H3. The van der Waals surface area contributed by atoms with E-state index < -0.39 is 5.92 Å². The number of hydrogen-bond donors (Lipinski definition) is 0. The van der Waals surface area contributed by atoms with Gasteiger partial charge in [0.25, 0.3) is 0 Å². The summed E-state index contributed by atoms with van der Waals surface area (Å²) in [5.74, 6) is 0.878. The molecule has 1 unspecified atom stereocenters. The lowest BCUT2D eigenvalue weighted by Gasteiger charge is -2.43.